The van der Waals surface area contributed by atoms with Gasteiger partial charge < -0.3 is 4.98 Å². The summed E-state index contributed by atoms with van der Waals surface area (Å²) in [5, 5.41) is 2.32. The van der Waals surface area contributed by atoms with E-state index < -0.39 is 0 Å². The smallest absolute Gasteiger partial charge is 0.0894 e. The molecule has 118 valence electrons. The van der Waals surface area contributed by atoms with E-state index in [-0.39, 0.29) is 0 Å². The first-order valence-electron chi connectivity index (χ1n) is 8.28. The van der Waals surface area contributed by atoms with Crippen LogP contribution < -0.4 is 0 Å². The molecule has 0 saturated heterocycles. The van der Waals surface area contributed by atoms with Crippen LogP contribution in [0.15, 0.2) is 85.1 Å². The summed E-state index contributed by atoms with van der Waals surface area (Å²) in [7, 11) is 0. The summed E-state index contributed by atoms with van der Waals surface area (Å²) < 4.78 is 0. The number of hydrogen-bond acceptors (Lipinski definition) is 2. The van der Waals surface area contributed by atoms with Gasteiger partial charge in [0, 0.05) is 28.0 Å². The van der Waals surface area contributed by atoms with E-state index in [4.69, 9.17) is 9.97 Å². The Hall–Kier alpha value is -3.46. The summed E-state index contributed by atoms with van der Waals surface area (Å²) in [6.45, 7) is 0. The first-order valence-corrected chi connectivity index (χ1v) is 8.28. The van der Waals surface area contributed by atoms with Gasteiger partial charge in [0.05, 0.1) is 22.6 Å². The minimum atomic E-state index is 0.883. The van der Waals surface area contributed by atoms with Crippen molar-refractivity contribution in [3.63, 3.8) is 0 Å². The minimum Gasteiger partial charge on any atom is -0.360 e. The number of pyridine rings is 2. The van der Waals surface area contributed by atoms with Crippen LogP contribution >= 0.6 is 0 Å². The molecule has 0 radical (unpaired) electrons. The molecule has 0 aliphatic rings. The van der Waals surface area contributed by atoms with Gasteiger partial charge >= 0.3 is 0 Å². The van der Waals surface area contributed by atoms with Crippen LogP contribution in [0.4, 0.5) is 0 Å². The zero-order chi connectivity index (χ0) is 16.6. The molecule has 3 heteroatoms. The maximum absolute atomic E-state index is 4.86. The molecule has 0 bridgehead atoms. The van der Waals surface area contributed by atoms with Crippen LogP contribution in [0.3, 0.4) is 0 Å². The summed E-state index contributed by atoms with van der Waals surface area (Å²) in [6.07, 6.45) is 2.02. The van der Waals surface area contributed by atoms with Crippen molar-refractivity contribution in [2.75, 3.05) is 0 Å². The van der Waals surface area contributed by atoms with Crippen LogP contribution in [-0.2, 0) is 0 Å². The van der Waals surface area contributed by atoms with Crippen LogP contribution in [0, 0.1) is 0 Å². The van der Waals surface area contributed by atoms with Crippen LogP contribution in [0.2, 0.25) is 0 Å². The highest BCUT2D eigenvalue weighted by atomic mass is 14.8. The van der Waals surface area contributed by atoms with Crippen molar-refractivity contribution in [1.29, 1.82) is 0 Å². The molecule has 5 rings (SSSR count). The summed E-state index contributed by atoms with van der Waals surface area (Å²) >= 11 is 0. The highest BCUT2D eigenvalue weighted by Crippen LogP contribution is 2.29. The molecule has 0 atom stereocenters. The highest BCUT2D eigenvalue weighted by Gasteiger charge is 2.09. The van der Waals surface area contributed by atoms with Crippen molar-refractivity contribution in [3.05, 3.63) is 85.1 Å². The maximum Gasteiger partial charge on any atom is 0.0894 e. The van der Waals surface area contributed by atoms with Crippen molar-refractivity contribution >= 4 is 21.8 Å². The second-order valence-electron chi connectivity index (χ2n) is 6.05. The molecule has 25 heavy (non-hydrogen) atoms. The van der Waals surface area contributed by atoms with Crippen molar-refractivity contribution in [2.45, 2.75) is 0 Å². The molecule has 0 aliphatic carbocycles. The van der Waals surface area contributed by atoms with Gasteiger partial charge in [-0.05, 0) is 30.3 Å². The number of aromatic nitrogens is 3. The average Bonchev–Trinajstić information content (AvgIpc) is 3.12. The molecule has 0 unspecified atom stereocenters. The summed E-state index contributed by atoms with van der Waals surface area (Å²) in [5.41, 5.74) is 5.94. The largest absolute Gasteiger partial charge is 0.360 e. The van der Waals surface area contributed by atoms with Gasteiger partial charge in [-0.1, -0.05) is 48.5 Å². The highest BCUT2D eigenvalue weighted by molar-refractivity contribution is 5.94. The molecule has 1 N–H and O–H groups in total. The van der Waals surface area contributed by atoms with Crippen molar-refractivity contribution in [1.82, 2.24) is 15.0 Å². The van der Waals surface area contributed by atoms with Gasteiger partial charge in [0.2, 0.25) is 0 Å². The maximum atomic E-state index is 4.86. The zero-order valence-electron chi connectivity index (χ0n) is 13.5. The number of hydrogen-bond donors (Lipinski definition) is 1. The molecule has 0 amide bonds. The topological polar surface area (TPSA) is 41.6 Å². The lowest BCUT2D eigenvalue weighted by molar-refractivity contribution is 1.28. The quantitative estimate of drug-likeness (QED) is 0.470. The third kappa shape index (κ3) is 2.37. The van der Waals surface area contributed by atoms with Crippen LogP contribution in [0.1, 0.15) is 0 Å². The zero-order valence-corrected chi connectivity index (χ0v) is 13.5. The van der Waals surface area contributed by atoms with E-state index in [1.807, 2.05) is 54.7 Å². The first kappa shape index (κ1) is 13.9. The van der Waals surface area contributed by atoms with Crippen molar-refractivity contribution in [2.24, 2.45) is 0 Å². The second kappa shape index (κ2) is 5.56. The SMILES string of the molecule is c1cc(-c2ccc3ccccc3n2)nc(-c2c[nH]c3ccccc23)c1. The number of nitrogens with one attached hydrogen (secondary N) is 1. The first-order chi connectivity index (χ1) is 12.4. The number of nitrogens with zero attached hydrogens (tertiary/aromatic N) is 2. The lowest BCUT2D eigenvalue weighted by Crippen LogP contribution is -1.90. The number of fused-ring (bicyclic) bond motifs is 2. The van der Waals surface area contributed by atoms with Gasteiger partial charge in [-0.3, -0.25) is 0 Å². The van der Waals surface area contributed by atoms with Crippen LogP contribution in [-0.4, -0.2) is 15.0 Å². The van der Waals surface area contributed by atoms with Gasteiger partial charge in [-0.25, -0.2) is 9.97 Å². The molecule has 2 aromatic carbocycles. The molecule has 3 aromatic heterocycles. The number of rotatable bonds is 2. The summed E-state index contributed by atoms with van der Waals surface area (Å²) in [4.78, 5) is 12.9. The Morgan fingerprint density at radius 1 is 0.600 bits per heavy atom. The van der Waals surface area contributed by atoms with E-state index in [9.17, 15) is 0 Å². The van der Waals surface area contributed by atoms with Crippen LogP contribution in [0.25, 0.3) is 44.5 Å². The van der Waals surface area contributed by atoms with Crippen molar-refractivity contribution in [3.8, 4) is 22.6 Å². The van der Waals surface area contributed by atoms with E-state index in [0.717, 1.165) is 39.1 Å². The summed E-state index contributed by atoms with van der Waals surface area (Å²) in [5.74, 6) is 0. The number of benzene rings is 2. The predicted molar refractivity (Wildman–Crippen MR) is 102 cm³/mol. The monoisotopic (exact) mass is 321 g/mol. The summed E-state index contributed by atoms with van der Waals surface area (Å²) in [6, 6.07) is 26.6. The van der Waals surface area contributed by atoms with E-state index in [2.05, 4.69) is 35.3 Å². The normalized spacial score (nSPS) is 11.2. The minimum absolute atomic E-state index is 0.883. The Labute approximate surface area is 145 Å². The number of H-pyrrole nitrogens is 1. The molecule has 0 aliphatic heterocycles. The molecule has 0 saturated carbocycles. The molecular weight excluding hydrogens is 306 g/mol. The fraction of sp³-hybridized carbons (Fsp3) is 0. The fourth-order valence-electron chi connectivity index (χ4n) is 3.22. The van der Waals surface area contributed by atoms with Gasteiger partial charge in [0.25, 0.3) is 0 Å². The van der Waals surface area contributed by atoms with Crippen LogP contribution in [0.5, 0.6) is 0 Å². The standard InChI is InChI=1S/C22H15N3/c1-3-8-18-15(6-1)12-13-22(24-18)21-11-5-10-20(25-21)17-14-23-19-9-4-2-7-16(17)19/h1-14,23H. The average molecular weight is 321 g/mol. The van der Waals surface area contributed by atoms with E-state index in [1.54, 1.807) is 0 Å². The Kier molecular flexibility index (Phi) is 3.10. The van der Waals surface area contributed by atoms with E-state index in [0.29, 0.717) is 0 Å². The lowest BCUT2D eigenvalue weighted by Gasteiger charge is -2.05. The molecule has 5 aromatic rings. The Bertz CT molecular complexity index is 1200. The Morgan fingerprint density at radius 3 is 2.40 bits per heavy atom. The van der Waals surface area contributed by atoms with Gasteiger partial charge in [-0.15, -0.1) is 0 Å². The molecular formula is C22H15N3. The molecule has 0 fully saturated rings. The Morgan fingerprint density at radius 2 is 1.40 bits per heavy atom. The van der Waals surface area contributed by atoms with Gasteiger partial charge in [0.15, 0.2) is 0 Å². The van der Waals surface area contributed by atoms with Gasteiger partial charge in [-0.2, -0.15) is 0 Å². The van der Waals surface area contributed by atoms with E-state index >= 15 is 0 Å². The number of aromatic amines is 1. The molecule has 3 heterocycles. The number of para-hydroxylation sites is 2. The second-order valence-corrected chi connectivity index (χ2v) is 6.05. The van der Waals surface area contributed by atoms with E-state index in [1.165, 1.54) is 5.39 Å². The third-order valence-corrected chi connectivity index (χ3v) is 4.48. The third-order valence-electron chi connectivity index (χ3n) is 4.48. The van der Waals surface area contributed by atoms with Gasteiger partial charge in [0.1, 0.15) is 0 Å². The Balaban J connectivity index is 1.65. The fourth-order valence-corrected chi connectivity index (χ4v) is 3.22. The molecule has 3 nitrogen and oxygen atoms in total. The predicted octanol–water partition coefficient (Wildman–Crippen LogP) is 5.45. The van der Waals surface area contributed by atoms with Crippen molar-refractivity contribution < 1.29 is 0 Å². The molecule has 0 spiro atoms. The lowest BCUT2D eigenvalue weighted by atomic mass is 10.1.